The van der Waals surface area contributed by atoms with E-state index in [-0.39, 0.29) is 6.42 Å². The Labute approximate surface area is 92.6 Å². The van der Waals surface area contributed by atoms with Crippen LogP contribution in [-0.4, -0.2) is 26.0 Å². The highest BCUT2D eigenvalue weighted by Crippen LogP contribution is 2.14. The van der Waals surface area contributed by atoms with Gasteiger partial charge in [0.1, 0.15) is 12.2 Å². The lowest BCUT2D eigenvalue weighted by Gasteiger charge is -2.16. The van der Waals surface area contributed by atoms with Gasteiger partial charge in [-0.25, -0.2) is 4.39 Å². The Kier molecular flexibility index (Phi) is 3.99. The molecule has 0 N–H and O–H groups in total. The Bertz CT molecular complexity index is 406. The standard InChI is InChI=1S/C11H12FNO3/c1-13(10(14)7-11(15)16-2)9-5-3-4-8(12)6-9/h3-6H,7H2,1-2H3. The van der Waals surface area contributed by atoms with E-state index in [4.69, 9.17) is 0 Å². The molecule has 0 fully saturated rings. The molecule has 0 aliphatic carbocycles. The van der Waals surface area contributed by atoms with Gasteiger partial charge in [0.05, 0.1) is 7.11 Å². The van der Waals surface area contributed by atoms with Gasteiger partial charge in [-0.1, -0.05) is 6.07 Å². The molecule has 0 radical (unpaired) electrons. The average molecular weight is 225 g/mol. The number of hydrogen-bond acceptors (Lipinski definition) is 3. The molecule has 0 aliphatic heterocycles. The molecule has 0 aromatic heterocycles. The third kappa shape index (κ3) is 3.05. The number of esters is 1. The fourth-order valence-corrected chi connectivity index (χ4v) is 1.14. The number of halogens is 1. The molecule has 86 valence electrons. The van der Waals surface area contributed by atoms with Crippen molar-refractivity contribution in [2.45, 2.75) is 6.42 Å². The van der Waals surface area contributed by atoms with Gasteiger partial charge in [-0.15, -0.1) is 0 Å². The molecular weight excluding hydrogens is 213 g/mol. The van der Waals surface area contributed by atoms with E-state index in [9.17, 15) is 14.0 Å². The number of methoxy groups -OCH3 is 1. The van der Waals surface area contributed by atoms with Crippen LogP contribution >= 0.6 is 0 Å². The average Bonchev–Trinajstić information content (AvgIpc) is 2.27. The predicted molar refractivity (Wildman–Crippen MR) is 56.4 cm³/mol. The molecule has 1 amide bonds. The molecule has 0 aliphatic rings. The number of amides is 1. The van der Waals surface area contributed by atoms with E-state index in [0.717, 1.165) is 0 Å². The largest absolute Gasteiger partial charge is 0.469 e. The molecule has 0 spiro atoms. The van der Waals surface area contributed by atoms with Crippen LogP contribution in [0.5, 0.6) is 0 Å². The number of benzene rings is 1. The topological polar surface area (TPSA) is 46.6 Å². The molecule has 0 bridgehead atoms. The monoisotopic (exact) mass is 225 g/mol. The maximum atomic E-state index is 12.9. The second-order valence-electron chi connectivity index (χ2n) is 3.19. The number of hydrogen-bond donors (Lipinski definition) is 0. The van der Waals surface area contributed by atoms with Crippen molar-refractivity contribution in [3.8, 4) is 0 Å². The zero-order valence-corrected chi connectivity index (χ0v) is 9.07. The van der Waals surface area contributed by atoms with E-state index in [1.165, 1.54) is 37.3 Å². The Balaban J connectivity index is 2.74. The summed E-state index contributed by atoms with van der Waals surface area (Å²) in [5, 5.41) is 0. The van der Waals surface area contributed by atoms with E-state index >= 15 is 0 Å². The summed E-state index contributed by atoms with van der Waals surface area (Å²) in [5.41, 5.74) is 0.397. The number of nitrogens with zero attached hydrogens (tertiary/aromatic N) is 1. The molecule has 1 aromatic carbocycles. The first kappa shape index (κ1) is 12.2. The Morgan fingerprint density at radius 1 is 1.44 bits per heavy atom. The summed E-state index contributed by atoms with van der Waals surface area (Å²) in [7, 11) is 2.68. The quantitative estimate of drug-likeness (QED) is 0.576. The van der Waals surface area contributed by atoms with Gasteiger partial charge in [0, 0.05) is 12.7 Å². The van der Waals surface area contributed by atoms with Crippen molar-refractivity contribution in [1.82, 2.24) is 0 Å². The van der Waals surface area contributed by atoms with Crippen LogP contribution in [0.2, 0.25) is 0 Å². The van der Waals surface area contributed by atoms with E-state index in [0.29, 0.717) is 5.69 Å². The minimum Gasteiger partial charge on any atom is -0.469 e. The number of rotatable bonds is 3. The molecule has 16 heavy (non-hydrogen) atoms. The first-order valence-electron chi connectivity index (χ1n) is 4.63. The highest BCUT2D eigenvalue weighted by Gasteiger charge is 2.15. The lowest BCUT2D eigenvalue weighted by molar-refractivity contribution is -0.143. The predicted octanol–water partition coefficient (Wildman–Crippen LogP) is 1.35. The van der Waals surface area contributed by atoms with E-state index in [2.05, 4.69) is 4.74 Å². The second-order valence-corrected chi connectivity index (χ2v) is 3.19. The van der Waals surface area contributed by atoms with Crippen LogP contribution in [0.15, 0.2) is 24.3 Å². The third-order valence-electron chi connectivity index (χ3n) is 2.09. The van der Waals surface area contributed by atoms with Crippen LogP contribution in [-0.2, 0) is 14.3 Å². The van der Waals surface area contributed by atoms with Crippen LogP contribution in [0.1, 0.15) is 6.42 Å². The first-order chi connectivity index (χ1) is 7.54. The Hall–Kier alpha value is -1.91. The summed E-state index contributed by atoms with van der Waals surface area (Å²) in [6.07, 6.45) is -0.358. The Morgan fingerprint density at radius 2 is 2.12 bits per heavy atom. The first-order valence-corrected chi connectivity index (χ1v) is 4.63. The van der Waals surface area contributed by atoms with Crippen molar-refractivity contribution in [2.75, 3.05) is 19.1 Å². The zero-order chi connectivity index (χ0) is 12.1. The second kappa shape index (κ2) is 5.25. The van der Waals surface area contributed by atoms with Gasteiger partial charge in [0.25, 0.3) is 0 Å². The number of carbonyl (C=O) groups is 2. The molecule has 0 saturated carbocycles. The lowest BCUT2D eigenvalue weighted by atomic mass is 10.2. The number of ether oxygens (including phenoxy) is 1. The molecule has 0 atom stereocenters. The van der Waals surface area contributed by atoms with Gasteiger partial charge in [-0.2, -0.15) is 0 Å². The van der Waals surface area contributed by atoms with Crippen LogP contribution in [0.25, 0.3) is 0 Å². The van der Waals surface area contributed by atoms with Crippen LogP contribution in [0, 0.1) is 5.82 Å². The molecule has 0 unspecified atom stereocenters. The van der Waals surface area contributed by atoms with Crippen LogP contribution in [0.3, 0.4) is 0 Å². The van der Waals surface area contributed by atoms with Crippen molar-refractivity contribution >= 4 is 17.6 Å². The van der Waals surface area contributed by atoms with Crippen molar-refractivity contribution in [2.24, 2.45) is 0 Å². The molecule has 5 heteroatoms. The third-order valence-corrected chi connectivity index (χ3v) is 2.09. The minimum absolute atomic E-state index is 0.358. The van der Waals surface area contributed by atoms with Gasteiger partial charge in [0.2, 0.25) is 5.91 Å². The minimum atomic E-state index is -0.617. The molecule has 1 rings (SSSR count). The number of carbonyl (C=O) groups excluding carboxylic acids is 2. The van der Waals surface area contributed by atoms with Gasteiger partial charge < -0.3 is 9.64 Å². The van der Waals surface area contributed by atoms with Gasteiger partial charge in [-0.05, 0) is 18.2 Å². The highest BCUT2D eigenvalue weighted by molar-refractivity contribution is 6.03. The summed E-state index contributed by atoms with van der Waals surface area (Å²) in [6, 6.07) is 5.57. The summed E-state index contributed by atoms with van der Waals surface area (Å²) >= 11 is 0. The SMILES string of the molecule is COC(=O)CC(=O)N(C)c1cccc(F)c1. The summed E-state index contributed by atoms with van der Waals surface area (Å²) in [4.78, 5) is 23.6. The molecular formula is C11H12FNO3. The molecule has 1 aromatic rings. The van der Waals surface area contributed by atoms with Crippen molar-refractivity contribution in [3.05, 3.63) is 30.1 Å². The van der Waals surface area contributed by atoms with Crippen molar-refractivity contribution in [1.29, 1.82) is 0 Å². The van der Waals surface area contributed by atoms with Gasteiger partial charge in [-0.3, -0.25) is 9.59 Å². The highest BCUT2D eigenvalue weighted by atomic mass is 19.1. The number of anilines is 1. The van der Waals surface area contributed by atoms with E-state index < -0.39 is 17.7 Å². The normalized spacial score (nSPS) is 9.69. The van der Waals surface area contributed by atoms with Crippen LogP contribution in [0.4, 0.5) is 10.1 Å². The maximum Gasteiger partial charge on any atom is 0.315 e. The van der Waals surface area contributed by atoms with Gasteiger partial charge >= 0.3 is 5.97 Å². The molecule has 4 nitrogen and oxygen atoms in total. The van der Waals surface area contributed by atoms with E-state index in [1.54, 1.807) is 6.07 Å². The van der Waals surface area contributed by atoms with E-state index in [1.807, 2.05) is 0 Å². The molecule has 0 saturated heterocycles. The fourth-order valence-electron chi connectivity index (χ4n) is 1.14. The van der Waals surface area contributed by atoms with Crippen LogP contribution < -0.4 is 4.90 Å². The summed E-state index contributed by atoms with van der Waals surface area (Å²) in [6.45, 7) is 0. The smallest absolute Gasteiger partial charge is 0.315 e. The van der Waals surface area contributed by atoms with Crippen molar-refractivity contribution in [3.63, 3.8) is 0 Å². The van der Waals surface area contributed by atoms with Crippen molar-refractivity contribution < 1.29 is 18.7 Å². The Morgan fingerprint density at radius 3 is 2.69 bits per heavy atom. The van der Waals surface area contributed by atoms with Gasteiger partial charge in [0.15, 0.2) is 0 Å². The maximum absolute atomic E-state index is 12.9. The summed E-state index contributed by atoms with van der Waals surface area (Å²) < 4.78 is 17.3. The molecule has 0 heterocycles. The summed E-state index contributed by atoms with van der Waals surface area (Å²) in [5.74, 6) is -1.50. The lowest BCUT2D eigenvalue weighted by Crippen LogP contribution is -2.28. The fraction of sp³-hybridized carbons (Fsp3) is 0.273. The zero-order valence-electron chi connectivity index (χ0n) is 9.07.